The molecule has 0 spiro atoms. The number of nitro groups is 1. The molecule has 0 radical (unpaired) electrons. The number of nitro benzene ring substituents is 1. The van der Waals surface area contributed by atoms with Crippen LogP contribution in [0.4, 0.5) is 5.69 Å². The lowest BCUT2D eigenvalue weighted by Gasteiger charge is -2.13. The van der Waals surface area contributed by atoms with Crippen LogP contribution in [-0.4, -0.2) is 23.7 Å². The summed E-state index contributed by atoms with van der Waals surface area (Å²) in [4.78, 5) is 22.6. The van der Waals surface area contributed by atoms with E-state index in [0.717, 1.165) is 12.8 Å². The van der Waals surface area contributed by atoms with Gasteiger partial charge in [0.25, 0.3) is 5.69 Å². The van der Waals surface area contributed by atoms with E-state index >= 15 is 0 Å². The van der Waals surface area contributed by atoms with Crippen LogP contribution in [0.3, 0.4) is 0 Å². The van der Waals surface area contributed by atoms with Gasteiger partial charge in [0.2, 0.25) is 12.7 Å². The standard InChI is InChI=1S/C17H22N2O5/c1-11(2)4-5-12(3)18-17(20)7-6-13-8-15-16(24-10-23-15)9-14(13)19(21)22/h6-9,11-12H,4-5,10H2,1-3H3,(H,18,20)/b7-6+. The molecular formula is C17H22N2O5. The zero-order chi connectivity index (χ0) is 17.7. The Morgan fingerprint density at radius 1 is 1.29 bits per heavy atom. The Kier molecular flexibility index (Phi) is 5.78. The van der Waals surface area contributed by atoms with Crippen LogP contribution >= 0.6 is 0 Å². The SMILES string of the molecule is CC(C)CCC(C)NC(=O)/C=C/c1cc2c(cc1[N+](=O)[O-])OCO2. The summed E-state index contributed by atoms with van der Waals surface area (Å²) >= 11 is 0. The number of hydrogen-bond acceptors (Lipinski definition) is 5. The van der Waals surface area contributed by atoms with Gasteiger partial charge in [-0.05, 0) is 37.8 Å². The van der Waals surface area contributed by atoms with E-state index in [-0.39, 0.29) is 24.4 Å². The molecule has 1 aromatic rings. The van der Waals surface area contributed by atoms with Gasteiger partial charge < -0.3 is 14.8 Å². The number of hydrogen-bond donors (Lipinski definition) is 1. The highest BCUT2D eigenvalue weighted by Crippen LogP contribution is 2.38. The van der Waals surface area contributed by atoms with Crippen molar-refractivity contribution in [2.24, 2.45) is 5.92 Å². The fourth-order valence-electron chi connectivity index (χ4n) is 2.35. The summed E-state index contributed by atoms with van der Waals surface area (Å²) in [6, 6.07) is 2.87. The van der Waals surface area contributed by atoms with Crippen molar-refractivity contribution in [3.63, 3.8) is 0 Å². The first kappa shape index (κ1) is 17.8. The van der Waals surface area contributed by atoms with Crippen LogP contribution in [0.1, 0.15) is 39.2 Å². The third kappa shape index (κ3) is 4.71. The number of fused-ring (bicyclic) bond motifs is 1. The first-order valence-electron chi connectivity index (χ1n) is 7.93. The number of carbonyl (C=O) groups excluding carboxylic acids is 1. The minimum Gasteiger partial charge on any atom is -0.454 e. The zero-order valence-electron chi connectivity index (χ0n) is 14.1. The van der Waals surface area contributed by atoms with Gasteiger partial charge in [0.1, 0.15) is 0 Å². The predicted octanol–water partition coefficient (Wildman–Crippen LogP) is 3.28. The lowest BCUT2D eigenvalue weighted by molar-refractivity contribution is -0.385. The van der Waals surface area contributed by atoms with Crippen LogP contribution in [0.15, 0.2) is 18.2 Å². The maximum atomic E-state index is 12.0. The topological polar surface area (TPSA) is 90.7 Å². The molecule has 24 heavy (non-hydrogen) atoms. The van der Waals surface area contributed by atoms with Gasteiger partial charge in [0, 0.05) is 12.1 Å². The van der Waals surface area contributed by atoms with Crippen molar-refractivity contribution < 1.29 is 19.2 Å². The maximum Gasteiger partial charge on any atom is 0.280 e. The van der Waals surface area contributed by atoms with Crippen molar-refractivity contribution in [2.75, 3.05) is 6.79 Å². The van der Waals surface area contributed by atoms with E-state index in [1.54, 1.807) is 0 Å². The van der Waals surface area contributed by atoms with E-state index in [1.807, 2.05) is 6.92 Å². The summed E-state index contributed by atoms with van der Waals surface area (Å²) in [5, 5.41) is 14.0. The van der Waals surface area contributed by atoms with Gasteiger partial charge in [-0.1, -0.05) is 13.8 Å². The van der Waals surface area contributed by atoms with Crippen LogP contribution in [0.5, 0.6) is 11.5 Å². The molecule has 0 bridgehead atoms. The van der Waals surface area contributed by atoms with Crippen molar-refractivity contribution in [3.8, 4) is 11.5 Å². The molecule has 1 amide bonds. The molecule has 130 valence electrons. The number of nitrogens with one attached hydrogen (secondary N) is 1. The molecule has 1 heterocycles. The second-order valence-electron chi connectivity index (χ2n) is 6.24. The molecule has 0 aromatic heterocycles. The first-order valence-corrected chi connectivity index (χ1v) is 7.93. The molecule has 1 N–H and O–H groups in total. The molecule has 0 fully saturated rings. The van der Waals surface area contributed by atoms with Crippen LogP contribution in [0, 0.1) is 16.0 Å². The van der Waals surface area contributed by atoms with E-state index in [1.165, 1.54) is 24.3 Å². The highest BCUT2D eigenvalue weighted by atomic mass is 16.7. The van der Waals surface area contributed by atoms with Crippen molar-refractivity contribution in [1.29, 1.82) is 0 Å². The summed E-state index contributed by atoms with van der Waals surface area (Å²) in [7, 11) is 0. The minimum atomic E-state index is -0.509. The van der Waals surface area contributed by atoms with E-state index in [4.69, 9.17) is 9.47 Å². The third-order valence-corrected chi connectivity index (χ3v) is 3.70. The quantitative estimate of drug-likeness (QED) is 0.469. The molecule has 1 aromatic carbocycles. The van der Waals surface area contributed by atoms with Gasteiger partial charge >= 0.3 is 0 Å². The Morgan fingerprint density at radius 2 is 1.96 bits per heavy atom. The molecule has 0 aliphatic carbocycles. The Hall–Kier alpha value is -2.57. The monoisotopic (exact) mass is 334 g/mol. The molecule has 0 saturated carbocycles. The summed E-state index contributed by atoms with van der Waals surface area (Å²) in [6.45, 7) is 6.24. The van der Waals surface area contributed by atoms with E-state index in [9.17, 15) is 14.9 Å². The fraction of sp³-hybridized carbons (Fsp3) is 0.471. The van der Waals surface area contributed by atoms with Crippen molar-refractivity contribution in [1.82, 2.24) is 5.32 Å². The Morgan fingerprint density at radius 3 is 2.58 bits per heavy atom. The van der Waals surface area contributed by atoms with Gasteiger partial charge in [-0.15, -0.1) is 0 Å². The van der Waals surface area contributed by atoms with Crippen molar-refractivity contribution in [3.05, 3.63) is 33.9 Å². The minimum absolute atomic E-state index is 0.0352. The molecule has 1 atom stereocenters. The molecule has 1 unspecified atom stereocenters. The Balaban J connectivity index is 2.05. The molecule has 2 rings (SSSR count). The lowest BCUT2D eigenvalue weighted by Crippen LogP contribution is -2.31. The third-order valence-electron chi connectivity index (χ3n) is 3.70. The molecule has 7 heteroatoms. The Bertz CT molecular complexity index is 655. The fourth-order valence-corrected chi connectivity index (χ4v) is 2.35. The summed E-state index contributed by atoms with van der Waals surface area (Å²) in [6.07, 6.45) is 4.64. The lowest BCUT2D eigenvalue weighted by atomic mass is 10.0. The molecule has 1 aliphatic heterocycles. The second kappa shape index (κ2) is 7.81. The average Bonchev–Trinajstić information content (AvgIpc) is 2.97. The summed E-state index contributed by atoms with van der Waals surface area (Å²) in [5.74, 6) is 1.07. The normalized spacial score (nSPS) is 14.2. The number of rotatable bonds is 7. The highest BCUT2D eigenvalue weighted by Gasteiger charge is 2.22. The van der Waals surface area contributed by atoms with Crippen molar-refractivity contribution in [2.45, 2.75) is 39.7 Å². The molecule has 0 saturated heterocycles. The van der Waals surface area contributed by atoms with Gasteiger partial charge in [0.05, 0.1) is 16.6 Å². The first-order chi connectivity index (χ1) is 11.4. The van der Waals surface area contributed by atoms with E-state index in [0.29, 0.717) is 23.0 Å². The summed E-state index contributed by atoms with van der Waals surface area (Å²) in [5.41, 5.74) is 0.172. The maximum absolute atomic E-state index is 12.0. The number of benzene rings is 1. The zero-order valence-corrected chi connectivity index (χ0v) is 14.1. The summed E-state index contributed by atoms with van der Waals surface area (Å²) < 4.78 is 10.4. The molecular weight excluding hydrogens is 312 g/mol. The largest absolute Gasteiger partial charge is 0.454 e. The number of amides is 1. The van der Waals surface area contributed by atoms with Crippen molar-refractivity contribution >= 4 is 17.7 Å². The van der Waals surface area contributed by atoms with Crippen LogP contribution in [0.25, 0.3) is 6.08 Å². The Labute approximate surface area is 140 Å². The average molecular weight is 334 g/mol. The number of ether oxygens (including phenoxy) is 2. The molecule has 7 nitrogen and oxygen atoms in total. The second-order valence-corrected chi connectivity index (χ2v) is 6.24. The van der Waals surface area contributed by atoms with E-state index in [2.05, 4.69) is 19.2 Å². The molecule has 1 aliphatic rings. The predicted molar refractivity (Wildman–Crippen MR) is 89.9 cm³/mol. The van der Waals surface area contributed by atoms with Crippen LogP contribution in [-0.2, 0) is 4.79 Å². The number of nitrogens with zero attached hydrogens (tertiary/aromatic N) is 1. The van der Waals surface area contributed by atoms with Gasteiger partial charge in [-0.3, -0.25) is 14.9 Å². The van der Waals surface area contributed by atoms with Gasteiger partial charge in [0.15, 0.2) is 11.5 Å². The highest BCUT2D eigenvalue weighted by molar-refractivity contribution is 5.92. The van der Waals surface area contributed by atoms with Crippen LogP contribution < -0.4 is 14.8 Å². The van der Waals surface area contributed by atoms with Gasteiger partial charge in [-0.25, -0.2) is 0 Å². The van der Waals surface area contributed by atoms with E-state index < -0.39 is 4.92 Å². The smallest absolute Gasteiger partial charge is 0.280 e. The number of carbonyl (C=O) groups is 1. The van der Waals surface area contributed by atoms with Gasteiger partial charge in [-0.2, -0.15) is 0 Å². The van der Waals surface area contributed by atoms with Crippen LogP contribution in [0.2, 0.25) is 0 Å².